The predicted molar refractivity (Wildman–Crippen MR) is 78.7 cm³/mol. The van der Waals surface area contributed by atoms with Gasteiger partial charge >= 0.3 is 0 Å². The van der Waals surface area contributed by atoms with Crippen LogP contribution in [0.15, 0.2) is 18.3 Å². The number of aromatic nitrogens is 1. The van der Waals surface area contributed by atoms with Crippen molar-refractivity contribution in [1.82, 2.24) is 10.3 Å². The van der Waals surface area contributed by atoms with E-state index in [9.17, 15) is 8.42 Å². The molecule has 112 valence electrons. The average molecular weight is 299 g/mol. The molecule has 20 heavy (non-hydrogen) atoms. The molecule has 1 aromatic heterocycles. The number of nitrogens with zero attached hydrogens (tertiary/aromatic N) is 2. The Morgan fingerprint density at radius 1 is 1.40 bits per heavy atom. The fourth-order valence-electron chi connectivity index (χ4n) is 2.17. The Morgan fingerprint density at radius 2 is 2.15 bits per heavy atom. The maximum atomic E-state index is 11.5. The molecule has 2 rings (SSSR count). The molecule has 0 aromatic carbocycles. The van der Waals surface area contributed by atoms with E-state index in [0.717, 1.165) is 17.9 Å². The molecule has 0 radical (unpaired) electrons. The highest BCUT2D eigenvalue weighted by Crippen LogP contribution is 2.19. The molecule has 1 N–H and O–H groups in total. The van der Waals surface area contributed by atoms with E-state index in [2.05, 4.69) is 10.3 Å². The first-order valence-corrected chi connectivity index (χ1v) is 8.53. The van der Waals surface area contributed by atoms with Crippen LogP contribution in [0.5, 0.6) is 0 Å². The topological polar surface area (TPSA) is 71.5 Å². The predicted octanol–water partition coefficient (Wildman–Crippen LogP) is 0.0524. The van der Waals surface area contributed by atoms with Crippen LogP contribution in [0.3, 0.4) is 0 Å². The van der Waals surface area contributed by atoms with Crippen LogP contribution in [-0.2, 0) is 21.1 Å². The lowest BCUT2D eigenvalue weighted by molar-refractivity contribution is 0.199. The van der Waals surface area contributed by atoms with Crippen molar-refractivity contribution in [2.75, 3.05) is 49.8 Å². The Morgan fingerprint density at radius 3 is 2.85 bits per heavy atom. The lowest BCUT2D eigenvalue weighted by atomic mass is 10.2. The number of rotatable bonds is 6. The monoisotopic (exact) mass is 299 g/mol. The summed E-state index contributed by atoms with van der Waals surface area (Å²) in [6, 6.07) is 3.92. The molecule has 0 amide bonds. The SMILES string of the molecule is COCCNCc1cccnc1N1CCS(=O)(=O)CC1. The van der Waals surface area contributed by atoms with Gasteiger partial charge < -0.3 is 15.0 Å². The largest absolute Gasteiger partial charge is 0.383 e. The summed E-state index contributed by atoms with van der Waals surface area (Å²) in [6.45, 7) is 3.18. The molecular weight excluding hydrogens is 278 g/mol. The van der Waals surface area contributed by atoms with Gasteiger partial charge in [-0.15, -0.1) is 0 Å². The zero-order valence-corrected chi connectivity index (χ0v) is 12.5. The number of hydrogen-bond donors (Lipinski definition) is 1. The summed E-state index contributed by atoms with van der Waals surface area (Å²) in [6.07, 6.45) is 1.75. The van der Waals surface area contributed by atoms with Gasteiger partial charge in [0.15, 0.2) is 9.84 Å². The van der Waals surface area contributed by atoms with E-state index in [1.165, 1.54) is 0 Å². The summed E-state index contributed by atoms with van der Waals surface area (Å²) in [7, 11) is -1.19. The van der Waals surface area contributed by atoms with Gasteiger partial charge in [-0.2, -0.15) is 0 Å². The fraction of sp³-hybridized carbons (Fsp3) is 0.615. The zero-order valence-electron chi connectivity index (χ0n) is 11.7. The van der Waals surface area contributed by atoms with Crippen LogP contribution >= 0.6 is 0 Å². The van der Waals surface area contributed by atoms with Gasteiger partial charge in [0, 0.05) is 45.0 Å². The second kappa shape index (κ2) is 7.01. The van der Waals surface area contributed by atoms with Gasteiger partial charge in [0.25, 0.3) is 0 Å². The number of ether oxygens (including phenoxy) is 1. The number of sulfone groups is 1. The Kier molecular flexibility index (Phi) is 5.33. The highest BCUT2D eigenvalue weighted by atomic mass is 32.2. The van der Waals surface area contributed by atoms with E-state index in [1.807, 2.05) is 17.0 Å². The molecule has 1 fully saturated rings. The van der Waals surface area contributed by atoms with Crippen LogP contribution < -0.4 is 10.2 Å². The fourth-order valence-corrected chi connectivity index (χ4v) is 3.38. The molecular formula is C13H21N3O3S. The minimum atomic E-state index is -2.86. The molecule has 0 saturated carbocycles. The molecule has 2 heterocycles. The lowest BCUT2D eigenvalue weighted by Crippen LogP contribution is -2.41. The van der Waals surface area contributed by atoms with Gasteiger partial charge in [-0.1, -0.05) is 6.07 Å². The Balaban J connectivity index is 2.00. The quantitative estimate of drug-likeness (QED) is 0.749. The Hall–Kier alpha value is -1.18. The van der Waals surface area contributed by atoms with Crippen molar-refractivity contribution < 1.29 is 13.2 Å². The van der Waals surface area contributed by atoms with Gasteiger partial charge in [0.1, 0.15) is 5.82 Å². The van der Waals surface area contributed by atoms with Crippen molar-refractivity contribution in [1.29, 1.82) is 0 Å². The molecule has 1 aromatic rings. The summed E-state index contributed by atoms with van der Waals surface area (Å²) in [5, 5.41) is 3.29. The highest BCUT2D eigenvalue weighted by molar-refractivity contribution is 7.91. The zero-order chi connectivity index (χ0) is 14.4. The molecule has 1 aliphatic heterocycles. The molecule has 0 spiro atoms. The van der Waals surface area contributed by atoms with Crippen molar-refractivity contribution in [3.05, 3.63) is 23.9 Å². The Labute approximate surface area is 120 Å². The van der Waals surface area contributed by atoms with Gasteiger partial charge in [-0.25, -0.2) is 13.4 Å². The number of methoxy groups -OCH3 is 1. The van der Waals surface area contributed by atoms with E-state index >= 15 is 0 Å². The minimum Gasteiger partial charge on any atom is -0.383 e. The molecule has 0 unspecified atom stereocenters. The summed E-state index contributed by atoms with van der Waals surface area (Å²) in [4.78, 5) is 6.46. The van der Waals surface area contributed by atoms with Crippen molar-refractivity contribution in [3.63, 3.8) is 0 Å². The molecule has 0 bridgehead atoms. The van der Waals surface area contributed by atoms with Crippen LogP contribution in [0.4, 0.5) is 5.82 Å². The number of anilines is 1. The first kappa shape index (κ1) is 15.2. The van der Waals surface area contributed by atoms with E-state index in [-0.39, 0.29) is 11.5 Å². The Bertz CT molecular complexity index is 519. The third kappa shape index (κ3) is 4.16. The van der Waals surface area contributed by atoms with E-state index in [0.29, 0.717) is 26.2 Å². The van der Waals surface area contributed by atoms with Gasteiger partial charge in [0.2, 0.25) is 0 Å². The van der Waals surface area contributed by atoms with E-state index in [4.69, 9.17) is 4.74 Å². The standard InChI is InChI=1S/C13H21N3O3S/c1-19-8-5-14-11-12-3-2-4-15-13(12)16-6-9-20(17,18)10-7-16/h2-4,14H,5-11H2,1H3. The number of pyridine rings is 1. The average Bonchev–Trinajstić information content (AvgIpc) is 2.44. The summed E-state index contributed by atoms with van der Waals surface area (Å²) < 4.78 is 28.0. The van der Waals surface area contributed by atoms with E-state index < -0.39 is 9.84 Å². The maximum Gasteiger partial charge on any atom is 0.153 e. The molecule has 0 aliphatic carbocycles. The molecule has 1 saturated heterocycles. The molecule has 7 heteroatoms. The number of nitrogens with one attached hydrogen (secondary N) is 1. The third-order valence-electron chi connectivity index (χ3n) is 3.31. The van der Waals surface area contributed by atoms with Crippen molar-refractivity contribution in [2.45, 2.75) is 6.54 Å². The van der Waals surface area contributed by atoms with Crippen LogP contribution in [-0.4, -0.2) is 58.3 Å². The van der Waals surface area contributed by atoms with Crippen molar-refractivity contribution >= 4 is 15.7 Å². The maximum absolute atomic E-state index is 11.5. The second-order valence-electron chi connectivity index (χ2n) is 4.79. The van der Waals surface area contributed by atoms with Gasteiger partial charge in [-0.05, 0) is 6.07 Å². The molecule has 1 aliphatic rings. The second-order valence-corrected chi connectivity index (χ2v) is 7.10. The number of hydrogen-bond acceptors (Lipinski definition) is 6. The normalized spacial score (nSPS) is 18.1. The van der Waals surface area contributed by atoms with Crippen LogP contribution in [0.2, 0.25) is 0 Å². The highest BCUT2D eigenvalue weighted by Gasteiger charge is 2.23. The van der Waals surface area contributed by atoms with Gasteiger partial charge in [-0.3, -0.25) is 0 Å². The minimum absolute atomic E-state index is 0.208. The third-order valence-corrected chi connectivity index (χ3v) is 4.92. The summed E-state index contributed by atoms with van der Waals surface area (Å²) >= 11 is 0. The first-order chi connectivity index (χ1) is 9.62. The van der Waals surface area contributed by atoms with Crippen LogP contribution in [0.1, 0.15) is 5.56 Å². The molecule has 6 nitrogen and oxygen atoms in total. The smallest absolute Gasteiger partial charge is 0.153 e. The lowest BCUT2D eigenvalue weighted by Gasteiger charge is -2.29. The first-order valence-electron chi connectivity index (χ1n) is 6.71. The summed E-state index contributed by atoms with van der Waals surface area (Å²) in [5.41, 5.74) is 1.09. The van der Waals surface area contributed by atoms with Crippen LogP contribution in [0, 0.1) is 0 Å². The van der Waals surface area contributed by atoms with Gasteiger partial charge in [0.05, 0.1) is 18.1 Å². The summed E-state index contributed by atoms with van der Waals surface area (Å²) in [5.74, 6) is 1.30. The van der Waals surface area contributed by atoms with Crippen molar-refractivity contribution in [2.24, 2.45) is 0 Å². The van der Waals surface area contributed by atoms with E-state index in [1.54, 1.807) is 13.3 Å². The van der Waals surface area contributed by atoms with Crippen LogP contribution in [0.25, 0.3) is 0 Å². The van der Waals surface area contributed by atoms with Crippen molar-refractivity contribution in [3.8, 4) is 0 Å². The molecule has 0 atom stereocenters.